The van der Waals surface area contributed by atoms with Gasteiger partial charge >= 0.3 is 0 Å². The van der Waals surface area contributed by atoms with Crippen molar-refractivity contribution in [1.82, 2.24) is 9.97 Å². The number of halogens is 1. The topological polar surface area (TPSA) is 55.0 Å². The number of aromatic amines is 1. The van der Waals surface area contributed by atoms with Gasteiger partial charge in [0.25, 0.3) is 5.56 Å². The Morgan fingerprint density at radius 3 is 2.94 bits per heavy atom. The molecule has 0 bridgehead atoms. The van der Waals surface area contributed by atoms with E-state index in [4.69, 9.17) is 16.3 Å². The fraction of sp³-hybridized carbons (Fsp3) is 0.667. The molecular weight excluding hydrogens is 240 g/mol. The Balaban J connectivity index is 2.53. The van der Waals surface area contributed by atoms with E-state index in [0.29, 0.717) is 12.5 Å². The smallest absolute Gasteiger partial charge is 0.273 e. The predicted octanol–water partition coefficient (Wildman–Crippen LogP) is 3.02. The third-order valence-electron chi connectivity index (χ3n) is 2.76. The summed E-state index contributed by atoms with van der Waals surface area (Å²) in [6.45, 7) is 4.87. The second-order valence-corrected chi connectivity index (χ2v) is 4.46. The van der Waals surface area contributed by atoms with Gasteiger partial charge in [0.2, 0.25) is 5.88 Å². The molecule has 17 heavy (non-hydrogen) atoms. The first-order valence-corrected chi connectivity index (χ1v) is 6.42. The molecule has 1 N–H and O–H groups in total. The number of nitrogens with zero attached hydrogens (tertiary/aromatic N) is 1. The second-order valence-electron chi connectivity index (χ2n) is 4.08. The molecule has 1 unspecified atom stereocenters. The molecule has 1 aromatic heterocycles. The van der Waals surface area contributed by atoms with Gasteiger partial charge in [0.05, 0.1) is 12.9 Å². The quantitative estimate of drug-likeness (QED) is 0.818. The van der Waals surface area contributed by atoms with Crippen LogP contribution in [0.2, 0.25) is 5.02 Å². The lowest BCUT2D eigenvalue weighted by Crippen LogP contribution is -2.15. The third kappa shape index (κ3) is 4.38. The van der Waals surface area contributed by atoms with Crippen LogP contribution in [0.4, 0.5) is 0 Å². The summed E-state index contributed by atoms with van der Waals surface area (Å²) in [5, 5.41) is 0.0258. The van der Waals surface area contributed by atoms with Crippen molar-refractivity contribution in [2.45, 2.75) is 39.5 Å². The zero-order valence-corrected chi connectivity index (χ0v) is 11.1. The summed E-state index contributed by atoms with van der Waals surface area (Å²) in [4.78, 5) is 17.5. The monoisotopic (exact) mass is 258 g/mol. The fourth-order valence-electron chi connectivity index (χ4n) is 1.56. The Hall–Kier alpha value is -1.03. The van der Waals surface area contributed by atoms with Crippen LogP contribution in [-0.2, 0) is 0 Å². The van der Waals surface area contributed by atoms with Crippen LogP contribution >= 0.6 is 11.6 Å². The van der Waals surface area contributed by atoms with Crippen molar-refractivity contribution in [2.24, 2.45) is 5.92 Å². The highest BCUT2D eigenvalue weighted by Gasteiger charge is 2.11. The van der Waals surface area contributed by atoms with Crippen molar-refractivity contribution in [3.05, 3.63) is 21.7 Å². The first-order chi connectivity index (χ1) is 8.19. The minimum atomic E-state index is -0.363. The van der Waals surface area contributed by atoms with Crippen molar-refractivity contribution in [3.63, 3.8) is 0 Å². The summed E-state index contributed by atoms with van der Waals surface area (Å²) < 4.78 is 5.50. The van der Waals surface area contributed by atoms with Crippen LogP contribution < -0.4 is 10.3 Å². The molecule has 0 aromatic carbocycles. The normalized spacial score (nSPS) is 12.4. The van der Waals surface area contributed by atoms with Crippen molar-refractivity contribution < 1.29 is 4.74 Å². The molecule has 0 spiro atoms. The van der Waals surface area contributed by atoms with Crippen molar-refractivity contribution in [2.75, 3.05) is 6.61 Å². The van der Waals surface area contributed by atoms with E-state index in [1.165, 1.54) is 19.2 Å². The summed E-state index contributed by atoms with van der Waals surface area (Å²) >= 11 is 5.79. The van der Waals surface area contributed by atoms with Gasteiger partial charge in [-0.15, -0.1) is 0 Å². The van der Waals surface area contributed by atoms with Crippen LogP contribution in [0.1, 0.15) is 39.5 Å². The van der Waals surface area contributed by atoms with Crippen LogP contribution in [0.5, 0.6) is 5.88 Å². The number of ether oxygens (including phenoxy) is 1. The van der Waals surface area contributed by atoms with E-state index in [9.17, 15) is 4.79 Å². The van der Waals surface area contributed by atoms with E-state index in [2.05, 4.69) is 23.8 Å². The number of nitrogens with one attached hydrogen (secondary N) is 1. The second kappa shape index (κ2) is 7.33. The summed E-state index contributed by atoms with van der Waals surface area (Å²) in [6, 6.07) is 0. The minimum absolute atomic E-state index is 0.0258. The van der Waals surface area contributed by atoms with E-state index in [-0.39, 0.29) is 16.5 Å². The molecule has 5 heteroatoms. The molecule has 0 saturated heterocycles. The molecule has 0 saturated carbocycles. The van der Waals surface area contributed by atoms with Gasteiger partial charge in [0.1, 0.15) is 0 Å². The summed E-state index contributed by atoms with van der Waals surface area (Å²) in [5.74, 6) is 0.720. The molecular formula is C12H19ClN2O2. The molecule has 0 aliphatic carbocycles. The van der Waals surface area contributed by atoms with Crippen LogP contribution in [0.3, 0.4) is 0 Å². The zero-order chi connectivity index (χ0) is 12.7. The maximum atomic E-state index is 11.2. The fourth-order valence-corrected chi connectivity index (χ4v) is 1.72. The maximum Gasteiger partial charge on any atom is 0.273 e. The molecule has 0 fully saturated rings. The van der Waals surface area contributed by atoms with Crippen molar-refractivity contribution in [3.8, 4) is 5.88 Å². The number of H-pyrrole nitrogens is 1. The highest BCUT2D eigenvalue weighted by Crippen LogP contribution is 2.18. The Kier molecular flexibility index (Phi) is 6.05. The van der Waals surface area contributed by atoms with Gasteiger partial charge in [-0.05, 0) is 12.3 Å². The predicted molar refractivity (Wildman–Crippen MR) is 68.7 cm³/mol. The molecule has 0 aliphatic heterocycles. The van der Waals surface area contributed by atoms with E-state index in [1.54, 1.807) is 0 Å². The van der Waals surface area contributed by atoms with Crippen LogP contribution in [0, 0.1) is 5.92 Å². The zero-order valence-electron chi connectivity index (χ0n) is 10.3. The molecule has 0 amide bonds. The molecule has 0 radical (unpaired) electrons. The number of aromatic nitrogens is 2. The minimum Gasteiger partial charge on any atom is -0.476 e. The lowest BCUT2D eigenvalue weighted by Gasteiger charge is -2.15. The Bertz CT molecular complexity index is 392. The largest absolute Gasteiger partial charge is 0.476 e. The summed E-state index contributed by atoms with van der Waals surface area (Å²) in [7, 11) is 0. The van der Waals surface area contributed by atoms with E-state index >= 15 is 0 Å². The molecule has 4 nitrogen and oxygen atoms in total. The average Bonchev–Trinajstić information content (AvgIpc) is 2.34. The first-order valence-electron chi connectivity index (χ1n) is 6.05. The number of hydrogen-bond donors (Lipinski definition) is 1. The molecule has 1 aromatic rings. The number of rotatable bonds is 7. The van der Waals surface area contributed by atoms with Gasteiger partial charge in [0.15, 0.2) is 5.02 Å². The standard InChI is InChI=1S/C12H19ClN2O2/c1-3-5-6-9(4-2)7-17-12-10(13)11(16)14-8-15-12/h8-9H,3-7H2,1-2H3,(H,14,15,16). The third-order valence-corrected chi connectivity index (χ3v) is 3.10. The SMILES string of the molecule is CCCCC(CC)COc1nc[nH]c(=O)c1Cl. The summed E-state index contributed by atoms with van der Waals surface area (Å²) in [6.07, 6.45) is 5.87. The van der Waals surface area contributed by atoms with Gasteiger partial charge in [-0.2, -0.15) is 0 Å². The van der Waals surface area contributed by atoms with E-state index < -0.39 is 0 Å². The van der Waals surface area contributed by atoms with Crippen LogP contribution in [0.25, 0.3) is 0 Å². The molecule has 1 heterocycles. The molecule has 1 atom stereocenters. The van der Waals surface area contributed by atoms with E-state index in [1.807, 2.05) is 0 Å². The molecule has 1 rings (SSSR count). The van der Waals surface area contributed by atoms with Gasteiger partial charge in [0, 0.05) is 0 Å². The van der Waals surface area contributed by atoms with Gasteiger partial charge < -0.3 is 9.72 Å². The maximum absolute atomic E-state index is 11.2. The van der Waals surface area contributed by atoms with E-state index in [0.717, 1.165) is 12.8 Å². The van der Waals surface area contributed by atoms with Crippen molar-refractivity contribution in [1.29, 1.82) is 0 Å². The van der Waals surface area contributed by atoms with Gasteiger partial charge in [-0.1, -0.05) is 44.7 Å². The highest BCUT2D eigenvalue weighted by molar-refractivity contribution is 6.31. The number of hydrogen-bond acceptors (Lipinski definition) is 3. The van der Waals surface area contributed by atoms with Crippen molar-refractivity contribution >= 4 is 11.6 Å². The highest BCUT2D eigenvalue weighted by atomic mass is 35.5. The van der Waals surface area contributed by atoms with Crippen LogP contribution in [0.15, 0.2) is 11.1 Å². The Morgan fingerprint density at radius 1 is 1.53 bits per heavy atom. The van der Waals surface area contributed by atoms with Crippen LogP contribution in [-0.4, -0.2) is 16.6 Å². The summed E-state index contributed by atoms with van der Waals surface area (Å²) in [5.41, 5.74) is -0.363. The average molecular weight is 259 g/mol. The van der Waals surface area contributed by atoms with Gasteiger partial charge in [-0.25, -0.2) is 4.98 Å². The Labute approximate surface area is 106 Å². The lowest BCUT2D eigenvalue weighted by atomic mass is 10.0. The molecule has 96 valence electrons. The molecule has 0 aliphatic rings. The number of unbranched alkanes of at least 4 members (excludes halogenated alkanes) is 1. The first kappa shape index (κ1) is 14.0. The van der Waals surface area contributed by atoms with Gasteiger partial charge in [-0.3, -0.25) is 4.79 Å². The lowest BCUT2D eigenvalue weighted by molar-refractivity contribution is 0.225. The Morgan fingerprint density at radius 2 is 2.29 bits per heavy atom.